The van der Waals surface area contributed by atoms with Crippen LogP contribution in [0.15, 0.2) is 30.3 Å². The number of fused-ring (bicyclic) bond motifs is 8. The van der Waals surface area contributed by atoms with Gasteiger partial charge in [0.1, 0.15) is 0 Å². The number of carbonyl (C=O) groups is 2. The molecule has 0 N–H and O–H groups in total. The molecule has 2 bridgehead atoms. The quantitative estimate of drug-likeness (QED) is 0.776. The van der Waals surface area contributed by atoms with Gasteiger partial charge in [0.25, 0.3) is 0 Å². The van der Waals surface area contributed by atoms with E-state index in [-0.39, 0.29) is 41.6 Å². The fraction of sp³-hybridized carbons (Fsp3) is 0.524. The molecule has 6 atom stereocenters. The Kier molecular flexibility index (Phi) is 3.29. The van der Waals surface area contributed by atoms with Crippen molar-refractivity contribution in [1.82, 2.24) is 0 Å². The van der Waals surface area contributed by atoms with E-state index < -0.39 is 11.7 Å². The maximum absolute atomic E-state index is 13.5. The lowest BCUT2D eigenvalue weighted by Crippen LogP contribution is -2.51. The van der Waals surface area contributed by atoms with E-state index in [4.69, 9.17) is 9.47 Å². The van der Waals surface area contributed by atoms with Gasteiger partial charge in [0.05, 0.1) is 30.7 Å². The van der Waals surface area contributed by atoms with Crippen LogP contribution in [0.4, 0.5) is 5.69 Å². The van der Waals surface area contributed by atoms with Crippen molar-refractivity contribution in [3.8, 4) is 0 Å². The Morgan fingerprint density at radius 1 is 1.23 bits per heavy atom. The summed E-state index contributed by atoms with van der Waals surface area (Å²) in [6.45, 7) is 6.23. The summed E-state index contributed by atoms with van der Waals surface area (Å²) in [5.74, 6) is -0.301. The van der Waals surface area contributed by atoms with Crippen molar-refractivity contribution in [3.05, 3.63) is 35.9 Å². The van der Waals surface area contributed by atoms with Gasteiger partial charge in [0.2, 0.25) is 6.29 Å². The second kappa shape index (κ2) is 5.27. The normalized spacial score (nSPS) is 37.3. The molecule has 0 spiro atoms. The first-order chi connectivity index (χ1) is 12.4. The lowest BCUT2D eigenvalue weighted by molar-refractivity contribution is -0.164. The summed E-state index contributed by atoms with van der Waals surface area (Å²) in [6.07, 6.45) is 3.18. The Labute approximate surface area is 153 Å². The van der Waals surface area contributed by atoms with E-state index in [1.807, 2.05) is 39.0 Å². The monoisotopic (exact) mass is 353 g/mol. The minimum atomic E-state index is -0.767. The average Bonchev–Trinajstić information content (AvgIpc) is 3.19. The molecule has 4 heterocycles. The van der Waals surface area contributed by atoms with E-state index in [0.717, 1.165) is 11.3 Å². The zero-order valence-electron chi connectivity index (χ0n) is 15.2. The Morgan fingerprint density at radius 2 is 2.00 bits per heavy atom. The van der Waals surface area contributed by atoms with Gasteiger partial charge in [-0.05, 0) is 11.6 Å². The summed E-state index contributed by atoms with van der Waals surface area (Å²) in [5.41, 5.74) is 1.62. The average molecular weight is 353 g/mol. The summed E-state index contributed by atoms with van der Waals surface area (Å²) in [4.78, 5) is 28.7. The van der Waals surface area contributed by atoms with Crippen molar-refractivity contribution in [2.24, 2.45) is 17.3 Å². The van der Waals surface area contributed by atoms with E-state index >= 15 is 0 Å². The highest BCUT2D eigenvalue weighted by atomic mass is 16.7. The van der Waals surface area contributed by atoms with Crippen LogP contribution in [0, 0.1) is 17.3 Å². The highest BCUT2D eigenvalue weighted by Crippen LogP contribution is 2.51. The molecule has 0 amide bonds. The Bertz CT molecular complexity index is 824. The topological polar surface area (TPSA) is 55.8 Å². The molecule has 1 aromatic carbocycles. The number of rotatable bonds is 1. The maximum atomic E-state index is 13.5. The molecule has 4 aliphatic rings. The molecule has 3 saturated heterocycles. The van der Waals surface area contributed by atoms with E-state index in [2.05, 4.69) is 23.1 Å². The molecule has 4 aliphatic heterocycles. The molecule has 5 heteroatoms. The van der Waals surface area contributed by atoms with Gasteiger partial charge in [-0.2, -0.15) is 0 Å². The molecule has 0 radical (unpaired) electrons. The minimum absolute atomic E-state index is 0.0213. The number of carbonyl (C=O) groups excluding carboxylic acids is 2. The molecule has 0 aromatic heterocycles. The fourth-order valence-electron chi connectivity index (χ4n) is 5.02. The highest BCUT2D eigenvalue weighted by Gasteiger charge is 2.64. The molecular formula is C21H23NO4. The minimum Gasteiger partial charge on any atom is -0.353 e. The number of hydrogen-bond acceptors (Lipinski definition) is 5. The van der Waals surface area contributed by atoms with Crippen molar-refractivity contribution >= 4 is 23.3 Å². The van der Waals surface area contributed by atoms with E-state index in [0.29, 0.717) is 6.61 Å². The van der Waals surface area contributed by atoms with Crippen molar-refractivity contribution < 1.29 is 19.1 Å². The molecule has 3 fully saturated rings. The zero-order chi connectivity index (χ0) is 18.2. The third-order valence-electron chi connectivity index (χ3n) is 6.16. The summed E-state index contributed by atoms with van der Waals surface area (Å²) < 4.78 is 11.4. The van der Waals surface area contributed by atoms with Crippen molar-refractivity contribution in [2.45, 2.75) is 45.2 Å². The molecule has 5 nitrogen and oxygen atoms in total. The number of ether oxygens (including phenoxy) is 2. The molecule has 136 valence electrons. The number of anilines is 1. The first-order valence-electron chi connectivity index (χ1n) is 9.28. The lowest BCUT2D eigenvalue weighted by Gasteiger charge is -2.38. The van der Waals surface area contributed by atoms with Gasteiger partial charge in [-0.1, -0.05) is 51.1 Å². The van der Waals surface area contributed by atoms with Crippen LogP contribution in [0.3, 0.4) is 0 Å². The first-order valence-corrected chi connectivity index (χ1v) is 9.28. The predicted octanol–water partition coefficient (Wildman–Crippen LogP) is 2.44. The third-order valence-corrected chi connectivity index (χ3v) is 6.16. The number of benzene rings is 1. The van der Waals surface area contributed by atoms with Crippen LogP contribution in [-0.2, 0) is 19.1 Å². The van der Waals surface area contributed by atoms with Gasteiger partial charge in [0, 0.05) is 17.0 Å². The summed E-state index contributed by atoms with van der Waals surface area (Å²) in [7, 11) is 0. The number of nitrogens with zero attached hydrogens (tertiary/aromatic N) is 1. The van der Waals surface area contributed by atoms with E-state index in [1.54, 1.807) is 0 Å². The molecule has 0 unspecified atom stereocenters. The first kappa shape index (κ1) is 16.2. The largest absolute Gasteiger partial charge is 0.353 e. The number of hydrogen-bond donors (Lipinski definition) is 0. The molecule has 5 rings (SSSR count). The Balaban J connectivity index is 1.69. The standard InChI is InChI=1S/C21H23NO4/c1-21(2,3)19(24)17-16-14-10-25-20(26-14)18(23)15(16)13-9-8-11-6-4-5-7-12(11)22(13)17/h4-9,13-17,20H,10H2,1-3H3/t13-,14+,15-,16-,17-,20+/m1/s1. The number of ketones is 2. The maximum Gasteiger partial charge on any atom is 0.218 e. The third kappa shape index (κ3) is 2.04. The van der Waals surface area contributed by atoms with Crippen LogP contribution >= 0.6 is 0 Å². The van der Waals surface area contributed by atoms with Gasteiger partial charge >= 0.3 is 0 Å². The molecule has 26 heavy (non-hydrogen) atoms. The molecule has 0 saturated carbocycles. The van der Waals surface area contributed by atoms with Crippen LogP contribution in [0.25, 0.3) is 6.08 Å². The van der Waals surface area contributed by atoms with Gasteiger partial charge in [-0.25, -0.2) is 0 Å². The van der Waals surface area contributed by atoms with Gasteiger partial charge in [-0.3, -0.25) is 9.59 Å². The zero-order valence-corrected chi connectivity index (χ0v) is 15.2. The summed E-state index contributed by atoms with van der Waals surface area (Å²) in [6, 6.07) is 7.59. The molecule has 0 aliphatic carbocycles. The van der Waals surface area contributed by atoms with Crippen molar-refractivity contribution in [1.29, 1.82) is 0 Å². The smallest absolute Gasteiger partial charge is 0.218 e. The summed E-state index contributed by atoms with van der Waals surface area (Å²) in [5, 5.41) is 0. The number of Topliss-reactive ketones (excluding diaryl/α,β-unsaturated/α-hetero) is 2. The second-order valence-corrected chi connectivity index (χ2v) is 8.72. The van der Waals surface area contributed by atoms with E-state index in [1.165, 1.54) is 0 Å². The Hall–Kier alpha value is -1.98. The van der Waals surface area contributed by atoms with Crippen LogP contribution in [-0.4, -0.2) is 42.7 Å². The SMILES string of the molecule is CC(C)(C)C(=O)[C@H]1[C@H]2[C@H](C(=O)[C@H]3OC[C@@H]2O3)[C@H]2C=Cc3ccccc3N21. The molecular weight excluding hydrogens is 330 g/mol. The highest BCUT2D eigenvalue weighted by molar-refractivity contribution is 5.98. The van der Waals surface area contributed by atoms with Gasteiger partial charge in [0.15, 0.2) is 11.6 Å². The Morgan fingerprint density at radius 3 is 2.77 bits per heavy atom. The van der Waals surface area contributed by atoms with Crippen LogP contribution in [0.5, 0.6) is 0 Å². The second-order valence-electron chi connectivity index (χ2n) is 8.72. The van der Waals surface area contributed by atoms with E-state index in [9.17, 15) is 9.59 Å². The van der Waals surface area contributed by atoms with Crippen LogP contribution in [0.2, 0.25) is 0 Å². The number of para-hydroxylation sites is 1. The van der Waals surface area contributed by atoms with Gasteiger partial charge in [-0.15, -0.1) is 0 Å². The van der Waals surface area contributed by atoms with Crippen LogP contribution < -0.4 is 4.90 Å². The summed E-state index contributed by atoms with van der Waals surface area (Å²) >= 11 is 0. The van der Waals surface area contributed by atoms with Crippen LogP contribution in [0.1, 0.15) is 26.3 Å². The predicted molar refractivity (Wildman–Crippen MR) is 96.6 cm³/mol. The van der Waals surface area contributed by atoms with Crippen molar-refractivity contribution in [2.75, 3.05) is 11.5 Å². The molecule has 1 aromatic rings. The van der Waals surface area contributed by atoms with Gasteiger partial charge < -0.3 is 14.4 Å². The van der Waals surface area contributed by atoms with Crippen molar-refractivity contribution in [3.63, 3.8) is 0 Å². The lowest BCUT2D eigenvalue weighted by atomic mass is 9.74. The fourth-order valence-corrected chi connectivity index (χ4v) is 5.02.